The van der Waals surface area contributed by atoms with E-state index in [1.165, 1.54) is 32.7 Å². The number of rotatable bonds is 4. The van der Waals surface area contributed by atoms with Crippen molar-refractivity contribution in [2.75, 3.05) is 0 Å². The molecule has 2 aliphatic rings. The Labute approximate surface area is 257 Å². The van der Waals surface area contributed by atoms with Crippen LogP contribution in [0.25, 0.3) is 32.7 Å². The maximum Gasteiger partial charge on any atom is 4.00 e. The number of halogens is 2. The normalized spacial score (nSPS) is 14.2. The van der Waals surface area contributed by atoms with Crippen molar-refractivity contribution in [3.05, 3.63) is 119 Å². The van der Waals surface area contributed by atoms with E-state index < -0.39 is 0 Å². The Kier molecular flexibility index (Phi) is 12.1. The third-order valence-corrected chi connectivity index (χ3v) is 10.0. The van der Waals surface area contributed by atoms with Gasteiger partial charge in [0.15, 0.2) is 0 Å². The minimum atomic E-state index is -0.361. The molecule has 0 amide bonds. The molecule has 0 N–H and O–H groups in total. The van der Waals surface area contributed by atoms with Crippen LogP contribution < -0.4 is 24.8 Å². The van der Waals surface area contributed by atoms with Crippen molar-refractivity contribution in [3.63, 3.8) is 0 Å². The van der Waals surface area contributed by atoms with Crippen LogP contribution in [0.1, 0.15) is 24.0 Å². The van der Waals surface area contributed by atoms with E-state index in [1.807, 2.05) is 0 Å². The van der Waals surface area contributed by atoms with E-state index in [1.54, 1.807) is 21.5 Å². The van der Waals surface area contributed by atoms with Gasteiger partial charge in [-0.3, -0.25) is 0 Å². The monoisotopic (exact) mass is 632 g/mol. The fourth-order valence-electron chi connectivity index (χ4n) is 5.28. The fourth-order valence-corrected chi connectivity index (χ4v) is 7.87. The third-order valence-electron chi connectivity index (χ3n) is 6.95. The molecule has 0 fully saturated rings. The number of allylic oxidation sites excluding steroid dienone is 8. The van der Waals surface area contributed by atoms with Crippen molar-refractivity contribution < 1.29 is 51.0 Å². The molecule has 0 atom stereocenters. The first-order valence-electron chi connectivity index (χ1n) is 12.2. The summed E-state index contributed by atoms with van der Waals surface area (Å²) in [6.45, 7) is 9.50. The maximum absolute atomic E-state index is 2.38. The van der Waals surface area contributed by atoms with Crippen molar-refractivity contribution in [1.82, 2.24) is 0 Å². The van der Waals surface area contributed by atoms with Crippen molar-refractivity contribution in [2.24, 2.45) is 0 Å². The summed E-state index contributed by atoms with van der Waals surface area (Å²) in [6.07, 6.45) is 11.5. The van der Waals surface area contributed by atoms with Crippen LogP contribution >= 0.6 is 0 Å². The SMILES string of the molecule is C[Si](C)C1=C([c-]2ccc3ccccc32)CC=C1.C[Si](C)C1=C([c-]2ccc3ccccc32)CC=C1.[Cl-].[Cl-].[Zr+4]. The molecule has 0 spiro atoms. The number of hydrogen-bond donors (Lipinski definition) is 0. The molecule has 0 saturated carbocycles. The van der Waals surface area contributed by atoms with Crippen molar-refractivity contribution >= 4 is 50.3 Å². The van der Waals surface area contributed by atoms with Gasteiger partial charge in [-0.25, -0.2) is 0 Å². The van der Waals surface area contributed by atoms with Crippen LogP contribution in [0.3, 0.4) is 0 Å². The van der Waals surface area contributed by atoms with Gasteiger partial charge in [-0.05, 0) is 12.8 Å². The van der Waals surface area contributed by atoms with Gasteiger partial charge < -0.3 is 24.8 Å². The molecule has 5 heteroatoms. The summed E-state index contributed by atoms with van der Waals surface area (Å²) in [6, 6.07) is 26.4. The molecule has 4 aromatic carbocycles. The van der Waals surface area contributed by atoms with Crippen LogP contribution in [0.2, 0.25) is 26.2 Å². The predicted octanol–water partition coefficient (Wildman–Crippen LogP) is 3.14. The molecule has 2 aliphatic carbocycles. The van der Waals surface area contributed by atoms with Gasteiger partial charge in [0.05, 0.1) is 0 Å². The Morgan fingerprint density at radius 1 is 0.568 bits per heavy atom. The second-order valence-corrected chi connectivity index (χ2v) is 14.7. The van der Waals surface area contributed by atoms with E-state index >= 15 is 0 Å². The minimum absolute atomic E-state index is 0. The summed E-state index contributed by atoms with van der Waals surface area (Å²) in [5.74, 6) is 0. The molecular weight excluding hydrogens is 603 g/mol. The van der Waals surface area contributed by atoms with Crippen LogP contribution in [-0.2, 0) is 26.2 Å². The maximum atomic E-state index is 2.38. The quantitative estimate of drug-likeness (QED) is 0.239. The Hall–Kier alpha value is -1.48. The average Bonchev–Trinajstić information content (AvgIpc) is 3.63. The van der Waals surface area contributed by atoms with Crippen LogP contribution in [-0.4, -0.2) is 17.6 Å². The summed E-state index contributed by atoms with van der Waals surface area (Å²) in [4.78, 5) is 0. The standard InChI is InChI=1S/2C16H16Si.2ClH.Zr/c2*1-17(2)16-9-5-8-15(16)14-11-10-12-6-3-4-7-13(12)14;;;/h2*3-7,9-11H,8H2,1-2H3;2*1H;/q2*-1;;;+4/p-2. The molecule has 0 saturated heterocycles. The zero-order valence-corrected chi connectivity index (χ0v) is 27.9. The van der Waals surface area contributed by atoms with Gasteiger partial charge in [0.1, 0.15) is 0 Å². The Morgan fingerprint density at radius 2 is 0.946 bits per heavy atom. The van der Waals surface area contributed by atoms with Gasteiger partial charge in [0, 0.05) is 17.6 Å². The second-order valence-electron chi connectivity index (χ2n) is 9.67. The van der Waals surface area contributed by atoms with E-state index in [0.29, 0.717) is 0 Å². The summed E-state index contributed by atoms with van der Waals surface area (Å²) in [7, 11) is -0.721. The molecule has 0 unspecified atom stereocenters. The first-order chi connectivity index (χ1) is 16.5. The molecule has 4 aromatic rings. The van der Waals surface area contributed by atoms with Crippen molar-refractivity contribution in [1.29, 1.82) is 0 Å². The van der Waals surface area contributed by atoms with E-state index in [-0.39, 0.29) is 68.6 Å². The summed E-state index contributed by atoms with van der Waals surface area (Å²) in [5, 5.41) is 8.75. The molecule has 0 aliphatic heterocycles. The van der Waals surface area contributed by atoms with Gasteiger partial charge in [-0.15, -0.1) is 79.5 Å². The molecule has 2 radical (unpaired) electrons. The van der Waals surface area contributed by atoms with E-state index in [9.17, 15) is 0 Å². The van der Waals surface area contributed by atoms with Crippen LogP contribution in [0.15, 0.2) is 107 Å². The van der Waals surface area contributed by atoms with Crippen LogP contribution in [0.4, 0.5) is 0 Å². The number of benzene rings is 2. The van der Waals surface area contributed by atoms with E-state index in [2.05, 4.69) is 123 Å². The number of hydrogen-bond acceptors (Lipinski definition) is 0. The van der Waals surface area contributed by atoms with Crippen molar-refractivity contribution in [3.8, 4) is 0 Å². The Bertz CT molecular complexity index is 1350. The van der Waals surface area contributed by atoms with Gasteiger partial charge in [0.2, 0.25) is 0 Å². The second kappa shape index (κ2) is 14.1. The zero-order chi connectivity index (χ0) is 23.7. The van der Waals surface area contributed by atoms with E-state index in [4.69, 9.17) is 0 Å². The topological polar surface area (TPSA) is 0 Å². The third kappa shape index (κ3) is 6.57. The average molecular weight is 635 g/mol. The van der Waals surface area contributed by atoms with Gasteiger partial charge in [0.25, 0.3) is 0 Å². The predicted molar refractivity (Wildman–Crippen MR) is 155 cm³/mol. The molecule has 0 heterocycles. The largest absolute Gasteiger partial charge is 4.00 e. The molecule has 186 valence electrons. The smallest absolute Gasteiger partial charge is 1.00 e. The fraction of sp³-hybridized carbons (Fsp3) is 0.188. The Balaban J connectivity index is 0.000000241. The molecule has 0 nitrogen and oxygen atoms in total. The van der Waals surface area contributed by atoms with Crippen molar-refractivity contribution in [2.45, 2.75) is 39.0 Å². The summed E-state index contributed by atoms with van der Waals surface area (Å²) >= 11 is 0. The van der Waals surface area contributed by atoms with Crippen LogP contribution in [0, 0.1) is 0 Å². The molecule has 0 bridgehead atoms. The zero-order valence-electron chi connectivity index (χ0n) is 21.9. The molecule has 37 heavy (non-hydrogen) atoms. The number of fused-ring (bicyclic) bond motifs is 2. The minimum Gasteiger partial charge on any atom is -1.00 e. The van der Waals surface area contributed by atoms with Gasteiger partial charge >= 0.3 is 26.2 Å². The first-order valence-corrected chi connectivity index (χ1v) is 17.2. The Morgan fingerprint density at radius 3 is 1.32 bits per heavy atom. The van der Waals surface area contributed by atoms with E-state index in [0.717, 1.165) is 12.8 Å². The molecule has 6 rings (SSSR count). The van der Waals surface area contributed by atoms with Gasteiger partial charge in [-0.1, -0.05) is 98.0 Å². The summed E-state index contributed by atoms with van der Waals surface area (Å²) in [5.41, 5.74) is 6.02. The molecular formula is C32H32Cl2Si2Zr. The van der Waals surface area contributed by atoms with Crippen LogP contribution in [0.5, 0.6) is 0 Å². The first kappa shape index (κ1) is 31.7. The summed E-state index contributed by atoms with van der Waals surface area (Å²) < 4.78 is 0. The molecule has 0 aromatic heterocycles. The van der Waals surface area contributed by atoms with Gasteiger partial charge in [-0.2, -0.15) is 0 Å².